The first kappa shape index (κ1) is 25.3. The molecule has 3 aromatic rings. The third-order valence-corrected chi connectivity index (χ3v) is 6.25. The summed E-state index contributed by atoms with van der Waals surface area (Å²) >= 11 is 6.05. The van der Waals surface area contributed by atoms with Gasteiger partial charge in [-0.05, 0) is 28.8 Å². The lowest BCUT2D eigenvalue weighted by Crippen LogP contribution is -2.56. The van der Waals surface area contributed by atoms with Gasteiger partial charge in [-0.25, -0.2) is 4.79 Å². The van der Waals surface area contributed by atoms with Gasteiger partial charge in [0.25, 0.3) is 0 Å². The number of carbonyl (C=O) groups is 1. The summed E-state index contributed by atoms with van der Waals surface area (Å²) in [7, 11) is 0. The Morgan fingerprint density at radius 2 is 1.51 bits per heavy atom. The van der Waals surface area contributed by atoms with Crippen LogP contribution in [0.25, 0.3) is 0 Å². The fourth-order valence-electron chi connectivity index (χ4n) is 4.05. The van der Waals surface area contributed by atoms with Crippen molar-refractivity contribution in [2.24, 2.45) is 0 Å². The molecule has 0 spiro atoms. The third-order valence-electron chi connectivity index (χ3n) is 5.92. The van der Waals surface area contributed by atoms with Crippen molar-refractivity contribution in [2.45, 2.75) is 43.7 Å². The molecule has 0 aliphatic carbocycles. The Hall–Kier alpha value is -2.78. The van der Waals surface area contributed by atoms with Crippen LogP contribution in [0, 0.1) is 0 Å². The summed E-state index contributed by atoms with van der Waals surface area (Å²) in [4.78, 5) is 11.6. The lowest BCUT2D eigenvalue weighted by atomic mass is 9.90. The van der Waals surface area contributed by atoms with E-state index in [0.29, 0.717) is 12.2 Å². The number of carboxylic acids is 1. The molecule has 3 unspecified atom stereocenters. The largest absolute Gasteiger partial charge is 0.478 e. The predicted molar refractivity (Wildman–Crippen MR) is 129 cm³/mol. The van der Waals surface area contributed by atoms with E-state index in [4.69, 9.17) is 25.8 Å². The highest BCUT2D eigenvalue weighted by atomic mass is 35.5. The van der Waals surface area contributed by atoms with Crippen LogP contribution >= 0.6 is 11.6 Å². The Morgan fingerprint density at radius 1 is 0.886 bits per heavy atom. The number of rotatable bonds is 9. The maximum Gasteiger partial charge on any atom is 0.337 e. The fraction of sp³-hybridized carbons (Fsp3) is 0.296. The highest BCUT2D eigenvalue weighted by molar-refractivity contribution is 6.33. The van der Waals surface area contributed by atoms with E-state index >= 15 is 0 Å². The number of ether oxygens (including phenoxy) is 3. The van der Waals surface area contributed by atoms with Crippen molar-refractivity contribution in [3.63, 3.8) is 0 Å². The van der Waals surface area contributed by atoms with Crippen LogP contribution < -0.4 is 0 Å². The first-order chi connectivity index (χ1) is 16.9. The molecule has 0 bridgehead atoms. The number of hydrogen-bond acceptors (Lipinski definition) is 6. The molecule has 7 nitrogen and oxygen atoms in total. The Morgan fingerprint density at radius 3 is 2.14 bits per heavy atom. The molecule has 1 aliphatic rings. The first-order valence-electron chi connectivity index (χ1n) is 11.3. The van der Waals surface area contributed by atoms with Gasteiger partial charge in [0.15, 0.2) is 0 Å². The van der Waals surface area contributed by atoms with E-state index in [-0.39, 0.29) is 23.8 Å². The molecule has 3 N–H and O–H groups in total. The van der Waals surface area contributed by atoms with Crippen LogP contribution in [-0.2, 0) is 27.4 Å². The Labute approximate surface area is 208 Å². The van der Waals surface area contributed by atoms with E-state index in [0.717, 1.165) is 11.1 Å². The quantitative estimate of drug-likeness (QED) is 0.409. The summed E-state index contributed by atoms with van der Waals surface area (Å²) in [6, 6.07) is 23.4. The number of aliphatic hydroxyl groups excluding tert-OH is 2. The Bertz CT molecular complexity index is 1110. The molecule has 0 radical (unpaired) electrons. The molecule has 4 rings (SSSR count). The van der Waals surface area contributed by atoms with Crippen molar-refractivity contribution < 1.29 is 34.3 Å². The van der Waals surface area contributed by atoms with Crippen molar-refractivity contribution in [2.75, 3.05) is 6.61 Å². The monoisotopic (exact) mass is 498 g/mol. The summed E-state index contributed by atoms with van der Waals surface area (Å²) < 4.78 is 17.9. The second-order valence-corrected chi connectivity index (χ2v) is 8.79. The molecule has 0 saturated carbocycles. The van der Waals surface area contributed by atoms with E-state index in [1.165, 1.54) is 12.1 Å². The molecule has 0 aromatic heterocycles. The summed E-state index contributed by atoms with van der Waals surface area (Å²) in [5.41, 5.74) is 2.21. The minimum atomic E-state index is -1.30. The van der Waals surface area contributed by atoms with Crippen LogP contribution in [0.5, 0.6) is 0 Å². The maximum absolute atomic E-state index is 11.6. The summed E-state index contributed by atoms with van der Waals surface area (Å²) in [6.45, 7) is 0.504. The van der Waals surface area contributed by atoms with E-state index in [2.05, 4.69) is 0 Å². The lowest BCUT2D eigenvalue weighted by Gasteiger charge is -2.43. The van der Waals surface area contributed by atoms with E-state index in [9.17, 15) is 20.1 Å². The van der Waals surface area contributed by atoms with Gasteiger partial charge in [-0.15, -0.1) is 0 Å². The minimum absolute atomic E-state index is 0.0222. The van der Waals surface area contributed by atoms with Crippen LogP contribution in [0.3, 0.4) is 0 Å². The molecule has 1 fully saturated rings. The second-order valence-electron chi connectivity index (χ2n) is 8.38. The second kappa shape index (κ2) is 11.8. The zero-order valence-electron chi connectivity index (χ0n) is 18.9. The minimum Gasteiger partial charge on any atom is -0.478 e. The van der Waals surface area contributed by atoms with Gasteiger partial charge in [-0.2, -0.15) is 0 Å². The number of carboxylic acid groups (broad SMARTS) is 1. The normalized spacial score (nSPS) is 24.3. The SMILES string of the molecule is O=C(O)c1cc(C2OC(COCc3ccccc3)[C@@H](O)C(O)[C@H]2OCc2ccccc2)ccc1Cl. The van der Waals surface area contributed by atoms with Crippen LogP contribution in [0.1, 0.15) is 33.2 Å². The molecule has 35 heavy (non-hydrogen) atoms. The average Bonchev–Trinajstić information content (AvgIpc) is 2.87. The van der Waals surface area contributed by atoms with Gasteiger partial charge in [0.2, 0.25) is 0 Å². The summed E-state index contributed by atoms with van der Waals surface area (Å²) in [5.74, 6) is -1.18. The molecule has 5 atom stereocenters. The number of aromatic carboxylic acids is 1. The Balaban J connectivity index is 1.55. The molecule has 1 saturated heterocycles. The molecular formula is C27H27ClO7. The number of halogens is 1. The van der Waals surface area contributed by atoms with E-state index in [1.807, 2.05) is 60.7 Å². The fourth-order valence-corrected chi connectivity index (χ4v) is 4.25. The average molecular weight is 499 g/mol. The molecule has 8 heteroatoms. The standard InChI is InChI=1S/C27H27ClO7/c28-21-12-11-19(13-20(21)27(31)32)25-26(34-15-18-9-5-2-6-10-18)24(30)23(29)22(35-25)16-33-14-17-7-3-1-4-8-17/h1-13,22-26,29-30H,14-16H2,(H,31,32)/t22?,23-,24?,25?,26-/m1/s1. The van der Waals surface area contributed by atoms with Crippen molar-refractivity contribution in [1.82, 2.24) is 0 Å². The van der Waals surface area contributed by atoms with Crippen molar-refractivity contribution in [3.05, 3.63) is 106 Å². The third kappa shape index (κ3) is 6.27. The number of hydrogen-bond donors (Lipinski definition) is 3. The van der Waals surface area contributed by atoms with Crippen LogP contribution in [0.2, 0.25) is 5.02 Å². The lowest BCUT2D eigenvalue weighted by molar-refractivity contribution is -0.250. The van der Waals surface area contributed by atoms with E-state index in [1.54, 1.807) is 6.07 Å². The number of aliphatic hydroxyl groups is 2. The van der Waals surface area contributed by atoms with Gasteiger partial charge in [0, 0.05) is 0 Å². The molecule has 3 aromatic carbocycles. The number of benzene rings is 3. The molecule has 1 heterocycles. The summed E-state index contributed by atoms with van der Waals surface area (Å²) in [6.07, 6.45) is -5.25. The molecule has 184 valence electrons. The summed E-state index contributed by atoms with van der Waals surface area (Å²) in [5, 5.41) is 31.4. The van der Waals surface area contributed by atoms with Crippen LogP contribution in [0.15, 0.2) is 78.9 Å². The van der Waals surface area contributed by atoms with E-state index < -0.39 is 36.5 Å². The highest BCUT2D eigenvalue weighted by Gasteiger charge is 2.46. The van der Waals surface area contributed by atoms with Gasteiger partial charge < -0.3 is 29.5 Å². The van der Waals surface area contributed by atoms with Gasteiger partial charge in [0.05, 0.1) is 30.4 Å². The van der Waals surface area contributed by atoms with Gasteiger partial charge in [0.1, 0.15) is 30.5 Å². The van der Waals surface area contributed by atoms with Crippen molar-refractivity contribution in [1.29, 1.82) is 0 Å². The van der Waals surface area contributed by atoms with Crippen LogP contribution in [0.4, 0.5) is 0 Å². The predicted octanol–water partition coefficient (Wildman–Crippen LogP) is 4.00. The van der Waals surface area contributed by atoms with Gasteiger partial charge in [-0.3, -0.25) is 0 Å². The Kier molecular flexibility index (Phi) is 8.51. The topological polar surface area (TPSA) is 105 Å². The zero-order valence-corrected chi connectivity index (χ0v) is 19.6. The molecule has 0 amide bonds. The highest BCUT2D eigenvalue weighted by Crippen LogP contribution is 2.36. The van der Waals surface area contributed by atoms with Crippen molar-refractivity contribution >= 4 is 17.6 Å². The van der Waals surface area contributed by atoms with Gasteiger partial charge in [-0.1, -0.05) is 78.3 Å². The van der Waals surface area contributed by atoms with Crippen LogP contribution in [-0.4, -0.2) is 52.3 Å². The smallest absolute Gasteiger partial charge is 0.337 e. The van der Waals surface area contributed by atoms with Gasteiger partial charge >= 0.3 is 5.97 Å². The first-order valence-corrected chi connectivity index (χ1v) is 11.6. The zero-order chi connectivity index (χ0) is 24.8. The molecule has 1 aliphatic heterocycles. The maximum atomic E-state index is 11.6. The molecular weight excluding hydrogens is 472 g/mol. The van der Waals surface area contributed by atoms with Crippen molar-refractivity contribution in [3.8, 4) is 0 Å².